The third-order valence-electron chi connectivity index (χ3n) is 6.18. The molecule has 0 aromatic heterocycles. The van der Waals surface area contributed by atoms with Crippen LogP contribution in [-0.2, 0) is 11.3 Å². The van der Waals surface area contributed by atoms with Crippen LogP contribution in [0.5, 0.6) is 0 Å². The number of carbonyl (C=O) groups is 1. The van der Waals surface area contributed by atoms with Crippen LogP contribution in [0.3, 0.4) is 0 Å². The monoisotopic (exact) mass is 408 g/mol. The molecule has 158 valence electrons. The van der Waals surface area contributed by atoms with E-state index in [1.807, 2.05) is 6.07 Å². The van der Waals surface area contributed by atoms with Gasteiger partial charge in [0.25, 0.3) is 0 Å². The predicted octanol–water partition coefficient (Wildman–Crippen LogP) is 4.57. The molecule has 2 heterocycles. The summed E-state index contributed by atoms with van der Waals surface area (Å²) in [5.74, 6) is 0.833. The first-order valence-corrected chi connectivity index (χ1v) is 10.7. The lowest BCUT2D eigenvalue weighted by Crippen LogP contribution is -2.38. The second-order valence-electron chi connectivity index (χ2n) is 8.17. The zero-order valence-electron chi connectivity index (χ0n) is 17.5. The summed E-state index contributed by atoms with van der Waals surface area (Å²) >= 11 is 0. The van der Waals surface area contributed by atoms with Gasteiger partial charge in [0.15, 0.2) is 5.78 Å². The second-order valence-corrected chi connectivity index (χ2v) is 8.17. The molecule has 2 aliphatic heterocycles. The Labute approximate surface area is 177 Å². The first-order chi connectivity index (χ1) is 14.6. The summed E-state index contributed by atoms with van der Waals surface area (Å²) in [4.78, 5) is 17.4. The van der Waals surface area contributed by atoms with Gasteiger partial charge in [0.2, 0.25) is 0 Å². The number of Topliss-reactive ketones (excluding diaryl/α,β-unsaturated/α-hetero) is 1. The van der Waals surface area contributed by atoms with Crippen LogP contribution in [0.15, 0.2) is 54.7 Å². The summed E-state index contributed by atoms with van der Waals surface area (Å²) in [6.45, 7) is 4.82. The van der Waals surface area contributed by atoms with Crippen LogP contribution in [0.1, 0.15) is 40.7 Å². The van der Waals surface area contributed by atoms with Gasteiger partial charge in [-0.3, -0.25) is 4.79 Å². The Morgan fingerprint density at radius 3 is 2.53 bits per heavy atom. The van der Waals surface area contributed by atoms with E-state index in [1.54, 1.807) is 19.2 Å². The SMILES string of the molecule is COC1=CN(CCCN2CCC(C(=O)c3ccc(F)cc3)CC2)Cc2ccccc21. The minimum Gasteiger partial charge on any atom is -0.495 e. The van der Waals surface area contributed by atoms with Gasteiger partial charge in [0.05, 0.1) is 7.11 Å². The summed E-state index contributed by atoms with van der Waals surface area (Å²) in [6.07, 6.45) is 4.95. The summed E-state index contributed by atoms with van der Waals surface area (Å²) < 4.78 is 18.7. The lowest BCUT2D eigenvalue weighted by molar-refractivity contribution is 0.0837. The number of halogens is 1. The van der Waals surface area contributed by atoms with E-state index in [0.717, 1.165) is 57.7 Å². The van der Waals surface area contributed by atoms with E-state index in [4.69, 9.17) is 4.74 Å². The number of nitrogens with zero attached hydrogens (tertiary/aromatic N) is 2. The molecule has 0 spiro atoms. The second kappa shape index (κ2) is 9.43. The fraction of sp³-hybridized carbons (Fsp3) is 0.400. The molecule has 0 bridgehead atoms. The van der Waals surface area contributed by atoms with Gasteiger partial charge < -0.3 is 14.5 Å². The summed E-state index contributed by atoms with van der Waals surface area (Å²) in [5, 5.41) is 0. The number of rotatable bonds is 7. The Kier molecular flexibility index (Phi) is 6.48. The van der Waals surface area contributed by atoms with Crippen molar-refractivity contribution in [1.29, 1.82) is 0 Å². The number of carbonyl (C=O) groups excluding carboxylic acids is 1. The zero-order chi connectivity index (χ0) is 20.9. The van der Waals surface area contributed by atoms with Crippen LogP contribution >= 0.6 is 0 Å². The molecule has 5 heteroatoms. The number of methoxy groups -OCH3 is 1. The Morgan fingerprint density at radius 2 is 1.80 bits per heavy atom. The van der Waals surface area contributed by atoms with E-state index in [2.05, 4.69) is 34.2 Å². The molecule has 2 aromatic carbocycles. The van der Waals surface area contributed by atoms with Gasteiger partial charge in [-0.2, -0.15) is 0 Å². The minimum absolute atomic E-state index is 0.0532. The highest BCUT2D eigenvalue weighted by atomic mass is 19.1. The van der Waals surface area contributed by atoms with E-state index in [1.165, 1.54) is 23.3 Å². The third-order valence-corrected chi connectivity index (χ3v) is 6.18. The number of piperidine rings is 1. The van der Waals surface area contributed by atoms with Gasteiger partial charge in [0.1, 0.15) is 11.6 Å². The maximum absolute atomic E-state index is 13.1. The number of benzene rings is 2. The highest BCUT2D eigenvalue weighted by Gasteiger charge is 2.26. The molecule has 0 atom stereocenters. The smallest absolute Gasteiger partial charge is 0.166 e. The maximum Gasteiger partial charge on any atom is 0.166 e. The molecule has 30 heavy (non-hydrogen) atoms. The van der Waals surface area contributed by atoms with Gasteiger partial charge in [-0.1, -0.05) is 24.3 Å². The Morgan fingerprint density at radius 1 is 1.07 bits per heavy atom. The van der Waals surface area contributed by atoms with Crippen molar-refractivity contribution in [2.24, 2.45) is 5.92 Å². The highest BCUT2D eigenvalue weighted by molar-refractivity contribution is 5.97. The van der Waals surface area contributed by atoms with Gasteiger partial charge in [-0.15, -0.1) is 0 Å². The maximum atomic E-state index is 13.1. The van der Waals surface area contributed by atoms with Crippen LogP contribution in [0.4, 0.5) is 4.39 Å². The van der Waals surface area contributed by atoms with E-state index in [9.17, 15) is 9.18 Å². The number of ketones is 1. The Hall–Kier alpha value is -2.66. The van der Waals surface area contributed by atoms with Crippen molar-refractivity contribution >= 4 is 11.5 Å². The van der Waals surface area contributed by atoms with Gasteiger partial charge in [0, 0.05) is 36.3 Å². The molecule has 2 aliphatic rings. The topological polar surface area (TPSA) is 32.8 Å². The average Bonchev–Trinajstić information content (AvgIpc) is 2.79. The van der Waals surface area contributed by atoms with Crippen molar-refractivity contribution in [1.82, 2.24) is 9.80 Å². The van der Waals surface area contributed by atoms with Crippen molar-refractivity contribution < 1.29 is 13.9 Å². The van der Waals surface area contributed by atoms with Crippen molar-refractivity contribution in [2.45, 2.75) is 25.8 Å². The van der Waals surface area contributed by atoms with E-state index in [0.29, 0.717) is 5.56 Å². The molecule has 4 rings (SSSR count). The molecule has 0 amide bonds. The van der Waals surface area contributed by atoms with E-state index < -0.39 is 0 Å². The molecule has 1 saturated heterocycles. The van der Waals surface area contributed by atoms with Gasteiger partial charge >= 0.3 is 0 Å². The molecule has 0 aliphatic carbocycles. The van der Waals surface area contributed by atoms with Crippen LogP contribution in [0.25, 0.3) is 5.76 Å². The highest BCUT2D eigenvalue weighted by Crippen LogP contribution is 2.27. The number of fused-ring (bicyclic) bond motifs is 1. The fourth-order valence-corrected chi connectivity index (χ4v) is 4.47. The number of ether oxygens (including phenoxy) is 1. The van der Waals surface area contributed by atoms with Gasteiger partial charge in [-0.05, 0) is 68.7 Å². The number of likely N-dealkylation sites (tertiary alicyclic amines) is 1. The van der Waals surface area contributed by atoms with Crippen LogP contribution in [-0.4, -0.2) is 48.9 Å². The van der Waals surface area contributed by atoms with Crippen molar-refractivity contribution in [3.63, 3.8) is 0 Å². The molecular formula is C25H29FN2O2. The number of hydrogen-bond acceptors (Lipinski definition) is 4. The average molecular weight is 409 g/mol. The van der Waals surface area contributed by atoms with Crippen molar-refractivity contribution in [3.05, 3.63) is 77.2 Å². The minimum atomic E-state index is -0.300. The number of hydrogen-bond donors (Lipinski definition) is 0. The standard InChI is InChI=1S/C25H29FN2O2/c1-30-24-18-28(17-21-5-2-3-6-23(21)24)14-4-13-27-15-11-20(12-16-27)25(29)19-7-9-22(26)10-8-19/h2-3,5-10,18,20H,4,11-17H2,1H3. The molecule has 1 fully saturated rings. The normalized spacial score (nSPS) is 17.4. The largest absolute Gasteiger partial charge is 0.495 e. The van der Waals surface area contributed by atoms with Crippen LogP contribution in [0, 0.1) is 11.7 Å². The lowest BCUT2D eigenvalue weighted by atomic mass is 9.89. The molecule has 2 aromatic rings. The molecule has 0 saturated carbocycles. The van der Waals surface area contributed by atoms with Crippen LogP contribution < -0.4 is 0 Å². The molecule has 0 unspecified atom stereocenters. The van der Waals surface area contributed by atoms with Gasteiger partial charge in [-0.25, -0.2) is 4.39 Å². The lowest BCUT2D eigenvalue weighted by Gasteiger charge is -2.32. The zero-order valence-corrected chi connectivity index (χ0v) is 17.5. The quantitative estimate of drug-likeness (QED) is 0.629. The summed E-state index contributed by atoms with van der Waals surface area (Å²) in [5.41, 5.74) is 3.11. The molecular weight excluding hydrogens is 379 g/mol. The predicted molar refractivity (Wildman–Crippen MR) is 116 cm³/mol. The van der Waals surface area contributed by atoms with Crippen molar-refractivity contribution in [2.75, 3.05) is 33.3 Å². The summed E-state index contributed by atoms with van der Waals surface area (Å²) in [6, 6.07) is 14.3. The summed E-state index contributed by atoms with van der Waals surface area (Å²) in [7, 11) is 1.73. The molecule has 4 nitrogen and oxygen atoms in total. The van der Waals surface area contributed by atoms with Crippen LogP contribution in [0.2, 0.25) is 0 Å². The molecule has 0 radical (unpaired) electrons. The third kappa shape index (κ3) is 4.73. The first kappa shape index (κ1) is 20.6. The fourth-order valence-electron chi connectivity index (χ4n) is 4.47. The Bertz CT molecular complexity index is 902. The molecule has 0 N–H and O–H groups in total. The van der Waals surface area contributed by atoms with Crippen molar-refractivity contribution in [3.8, 4) is 0 Å². The Balaban J connectivity index is 1.23. The van der Waals surface area contributed by atoms with E-state index in [-0.39, 0.29) is 17.5 Å². The first-order valence-electron chi connectivity index (χ1n) is 10.7. The van der Waals surface area contributed by atoms with E-state index >= 15 is 0 Å².